The largest absolute Gasteiger partial charge is 0.399 e. The maximum absolute atomic E-state index is 5.98. The molecule has 2 aliphatic rings. The molecule has 0 unspecified atom stereocenters. The molecule has 0 amide bonds. The van der Waals surface area contributed by atoms with Crippen LogP contribution >= 0.6 is 0 Å². The summed E-state index contributed by atoms with van der Waals surface area (Å²) in [5.74, 6) is 0. The maximum atomic E-state index is 5.98. The summed E-state index contributed by atoms with van der Waals surface area (Å²) in [4.78, 5) is 2.49. The Morgan fingerprint density at radius 3 is 2.62 bits per heavy atom. The third kappa shape index (κ3) is 2.39. The van der Waals surface area contributed by atoms with Gasteiger partial charge in [0.15, 0.2) is 0 Å². The number of hydrogen-bond acceptors (Lipinski definition) is 2. The summed E-state index contributed by atoms with van der Waals surface area (Å²) in [6.45, 7) is 2.14. The van der Waals surface area contributed by atoms with E-state index >= 15 is 0 Å². The van der Waals surface area contributed by atoms with E-state index < -0.39 is 0 Å². The molecule has 0 spiro atoms. The Bertz CT molecular complexity index is 675. The Kier molecular flexibility index (Phi) is 3.10. The lowest BCUT2D eigenvalue weighted by atomic mass is 9.99. The molecule has 1 heterocycles. The van der Waals surface area contributed by atoms with Crippen LogP contribution in [0.2, 0.25) is 0 Å². The van der Waals surface area contributed by atoms with Crippen LogP contribution in [-0.2, 0) is 25.8 Å². The maximum Gasteiger partial charge on any atom is 0.0429 e. The standard InChI is InChI=1S/C19H22N2/c20-18-9-8-16-5-2-10-21(19(16)12-18)13-14-6-7-15-3-1-4-17(15)11-14/h6-9,11-12H,1-5,10,13,20H2. The molecule has 0 bridgehead atoms. The minimum atomic E-state index is 0.870. The molecule has 108 valence electrons. The second kappa shape index (κ2) is 5.10. The van der Waals surface area contributed by atoms with Crippen molar-refractivity contribution in [3.8, 4) is 0 Å². The lowest BCUT2D eigenvalue weighted by molar-refractivity contribution is 0.691. The van der Waals surface area contributed by atoms with E-state index in [4.69, 9.17) is 5.73 Å². The number of nitrogen functional groups attached to an aromatic ring is 1. The summed E-state index contributed by atoms with van der Waals surface area (Å²) in [5, 5.41) is 0. The summed E-state index contributed by atoms with van der Waals surface area (Å²) < 4.78 is 0. The van der Waals surface area contributed by atoms with Gasteiger partial charge in [-0.1, -0.05) is 24.3 Å². The van der Waals surface area contributed by atoms with Crippen molar-refractivity contribution in [2.24, 2.45) is 0 Å². The molecule has 4 rings (SSSR count). The van der Waals surface area contributed by atoms with Crippen LogP contribution in [0.25, 0.3) is 0 Å². The van der Waals surface area contributed by atoms with Crippen molar-refractivity contribution in [3.63, 3.8) is 0 Å². The molecule has 0 atom stereocenters. The Morgan fingerprint density at radius 1 is 0.857 bits per heavy atom. The molecular weight excluding hydrogens is 256 g/mol. The van der Waals surface area contributed by atoms with E-state index in [0.29, 0.717) is 0 Å². The number of aryl methyl sites for hydroxylation is 3. The Balaban J connectivity index is 1.62. The number of hydrogen-bond donors (Lipinski definition) is 1. The fourth-order valence-corrected chi connectivity index (χ4v) is 3.78. The van der Waals surface area contributed by atoms with Crippen LogP contribution < -0.4 is 10.6 Å². The van der Waals surface area contributed by atoms with Gasteiger partial charge in [-0.05, 0) is 66.5 Å². The summed E-state index contributed by atoms with van der Waals surface area (Å²) in [6, 6.07) is 13.4. The Hall–Kier alpha value is -1.96. The normalized spacial score (nSPS) is 16.7. The van der Waals surface area contributed by atoms with Crippen LogP contribution in [0, 0.1) is 0 Å². The average molecular weight is 278 g/mol. The van der Waals surface area contributed by atoms with Gasteiger partial charge in [0, 0.05) is 24.5 Å². The first-order valence-corrected chi connectivity index (χ1v) is 8.04. The molecule has 2 nitrogen and oxygen atoms in total. The van der Waals surface area contributed by atoms with E-state index in [-0.39, 0.29) is 0 Å². The zero-order chi connectivity index (χ0) is 14.2. The van der Waals surface area contributed by atoms with Gasteiger partial charge >= 0.3 is 0 Å². The van der Waals surface area contributed by atoms with Gasteiger partial charge < -0.3 is 10.6 Å². The minimum Gasteiger partial charge on any atom is -0.399 e. The van der Waals surface area contributed by atoms with E-state index in [0.717, 1.165) is 18.8 Å². The first-order valence-electron chi connectivity index (χ1n) is 8.04. The third-order valence-electron chi connectivity index (χ3n) is 4.86. The van der Waals surface area contributed by atoms with Crippen LogP contribution in [-0.4, -0.2) is 6.54 Å². The Labute approximate surface area is 126 Å². The van der Waals surface area contributed by atoms with Crippen LogP contribution in [0.3, 0.4) is 0 Å². The lowest BCUT2D eigenvalue weighted by Gasteiger charge is -2.31. The van der Waals surface area contributed by atoms with Gasteiger partial charge in [-0.2, -0.15) is 0 Å². The van der Waals surface area contributed by atoms with Crippen LogP contribution in [0.4, 0.5) is 11.4 Å². The van der Waals surface area contributed by atoms with Crippen molar-refractivity contribution >= 4 is 11.4 Å². The SMILES string of the molecule is Nc1ccc2c(c1)N(Cc1ccc3c(c1)CCC3)CCC2. The van der Waals surface area contributed by atoms with E-state index in [1.807, 2.05) is 6.07 Å². The molecule has 0 fully saturated rings. The lowest BCUT2D eigenvalue weighted by Crippen LogP contribution is -2.28. The monoisotopic (exact) mass is 278 g/mol. The fourth-order valence-electron chi connectivity index (χ4n) is 3.78. The van der Waals surface area contributed by atoms with Crippen LogP contribution in [0.5, 0.6) is 0 Å². The smallest absolute Gasteiger partial charge is 0.0429 e. The average Bonchev–Trinajstić information content (AvgIpc) is 2.95. The van der Waals surface area contributed by atoms with Crippen LogP contribution in [0.1, 0.15) is 35.1 Å². The number of rotatable bonds is 2. The molecule has 2 aromatic rings. The minimum absolute atomic E-state index is 0.870. The number of nitrogens with two attached hydrogens (primary N) is 1. The highest BCUT2D eigenvalue weighted by atomic mass is 15.1. The first kappa shape index (κ1) is 12.8. The summed E-state index contributed by atoms with van der Waals surface area (Å²) >= 11 is 0. The fraction of sp³-hybridized carbons (Fsp3) is 0.368. The highest BCUT2D eigenvalue weighted by Gasteiger charge is 2.18. The molecule has 0 radical (unpaired) electrons. The van der Waals surface area contributed by atoms with Crippen LogP contribution in [0.15, 0.2) is 36.4 Å². The molecule has 2 heteroatoms. The van der Waals surface area contributed by atoms with Gasteiger partial charge in [0.25, 0.3) is 0 Å². The molecule has 1 aliphatic heterocycles. The third-order valence-corrected chi connectivity index (χ3v) is 4.86. The molecule has 2 aromatic carbocycles. The predicted molar refractivity (Wildman–Crippen MR) is 88.7 cm³/mol. The first-order chi connectivity index (χ1) is 10.3. The topological polar surface area (TPSA) is 29.3 Å². The van der Waals surface area contributed by atoms with Gasteiger partial charge in [-0.15, -0.1) is 0 Å². The summed E-state index contributed by atoms with van der Waals surface area (Å²) in [6.07, 6.45) is 6.26. The summed E-state index contributed by atoms with van der Waals surface area (Å²) in [5.41, 5.74) is 14.2. The van der Waals surface area contributed by atoms with Crippen molar-refractivity contribution in [2.45, 2.75) is 38.6 Å². The van der Waals surface area contributed by atoms with Crippen molar-refractivity contribution in [1.82, 2.24) is 0 Å². The van der Waals surface area contributed by atoms with Gasteiger partial charge in [-0.25, -0.2) is 0 Å². The van der Waals surface area contributed by atoms with Gasteiger partial charge in [0.1, 0.15) is 0 Å². The molecule has 0 aromatic heterocycles. The van der Waals surface area contributed by atoms with E-state index in [1.54, 1.807) is 11.1 Å². The highest BCUT2D eigenvalue weighted by Crippen LogP contribution is 2.31. The number of benzene rings is 2. The van der Waals surface area contributed by atoms with E-state index in [2.05, 4.69) is 35.2 Å². The van der Waals surface area contributed by atoms with Crippen molar-refractivity contribution in [1.29, 1.82) is 0 Å². The highest BCUT2D eigenvalue weighted by molar-refractivity contribution is 5.62. The van der Waals surface area contributed by atoms with Gasteiger partial charge in [-0.3, -0.25) is 0 Å². The zero-order valence-electron chi connectivity index (χ0n) is 12.4. The number of nitrogens with zero attached hydrogens (tertiary/aromatic N) is 1. The second-order valence-electron chi connectivity index (χ2n) is 6.37. The number of anilines is 2. The molecule has 2 N–H and O–H groups in total. The molecule has 1 aliphatic carbocycles. The molecule has 0 saturated heterocycles. The predicted octanol–water partition coefficient (Wildman–Crippen LogP) is 3.71. The van der Waals surface area contributed by atoms with Crippen molar-refractivity contribution in [2.75, 3.05) is 17.2 Å². The van der Waals surface area contributed by atoms with Crippen molar-refractivity contribution in [3.05, 3.63) is 58.7 Å². The quantitative estimate of drug-likeness (QED) is 0.849. The van der Waals surface area contributed by atoms with Gasteiger partial charge in [0.2, 0.25) is 0 Å². The zero-order valence-corrected chi connectivity index (χ0v) is 12.4. The van der Waals surface area contributed by atoms with Gasteiger partial charge in [0.05, 0.1) is 0 Å². The molecular formula is C19H22N2. The molecule has 0 saturated carbocycles. The van der Waals surface area contributed by atoms with E-state index in [1.165, 1.54) is 48.9 Å². The summed E-state index contributed by atoms with van der Waals surface area (Å²) in [7, 11) is 0. The van der Waals surface area contributed by atoms with Crippen molar-refractivity contribution < 1.29 is 0 Å². The second-order valence-corrected chi connectivity index (χ2v) is 6.37. The Morgan fingerprint density at radius 2 is 1.67 bits per heavy atom. The molecule has 21 heavy (non-hydrogen) atoms. The van der Waals surface area contributed by atoms with E-state index in [9.17, 15) is 0 Å². The number of fused-ring (bicyclic) bond motifs is 2.